The van der Waals surface area contributed by atoms with Crippen molar-refractivity contribution in [1.82, 2.24) is 0 Å². The van der Waals surface area contributed by atoms with Gasteiger partial charge < -0.3 is 19.7 Å². The van der Waals surface area contributed by atoms with Gasteiger partial charge in [-0.1, -0.05) is 0 Å². The molecule has 2 N–H and O–H groups in total. The Hall–Kier alpha value is -1.75. The van der Waals surface area contributed by atoms with E-state index in [0.717, 1.165) is 5.56 Å². The highest BCUT2D eigenvalue weighted by molar-refractivity contribution is 5.75. The molecule has 16 heavy (non-hydrogen) atoms. The van der Waals surface area contributed by atoms with E-state index in [0.29, 0.717) is 22.6 Å². The van der Waals surface area contributed by atoms with Gasteiger partial charge >= 0.3 is 5.97 Å². The van der Waals surface area contributed by atoms with Gasteiger partial charge in [-0.25, -0.2) is 4.79 Å². The van der Waals surface area contributed by atoms with Crippen LogP contribution in [0.4, 0.5) is 0 Å². The quantitative estimate of drug-likeness (QED) is 0.788. The molecule has 1 aromatic carbocycles. The normalized spacial score (nSPS) is 14.9. The first kappa shape index (κ1) is 10.8. The number of aliphatic hydroxyl groups is 1. The third-order valence-corrected chi connectivity index (χ3v) is 2.79. The zero-order valence-corrected chi connectivity index (χ0v) is 8.98. The zero-order chi connectivity index (χ0) is 11.9. The Bertz CT molecular complexity index is 452. The maximum atomic E-state index is 10.7. The number of carboxylic acid groups (broad SMARTS) is 1. The summed E-state index contributed by atoms with van der Waals surface area (Å²) >= 11 is 0. The summed E-state index contributed by atoms with van der Waals surface area (Å²) in [5.74, 6) is -0.168. The molecule has 5 nitrogen and oxygen atoms in total. The molecule has 0 spiro atoms. The van der Waals surface area contributed by atoms with Crippen LogP contribution in [-0.2, 0) is 4.79 Å². The van der Waals surface area contributed by atoms with Crippen LogP contribution in [0.25, 0.3) is 0 Å². The van der Waals surface area contributed by atoms with Crippen LogP contribution in [0.5, 0.6) is 11.5 Å². The van der Waals surface area contributed by atoms with Gasteiger partial charge in [-0.3, -0.25) is 0 Å². The molecule has 0 aromatic heterocycles. The number of benzene rings is 1. The average molecular weight is 224 g/mol. The Kier molecular flexibility index (Phi) is 2.47. The van der Waals surface area contributed by atoms with Gasteiger partial charge in [-0.15, -0.1) is 0 Å². The van der Waals surface area contributed by atoms with Crippen molar-refractivity contribution in [2.24, 2.45) is 0 Å². The van der Waals surface area contributed by atoms with E-state index < -0.39 is 12.1 Å². The van der Waals surface area contributed by atoms with Crippen LogP contribution in [-0.4, -0.2) is 23.0 Å². The Labute approximate surface area is 92.2 Å². The number of aliphatic carboxylic acids is 1. The maximum Gasteiger partial charge on any atom is 0.337 e. The molecular weight excluding hydrogens is 212 g/mol. The molecule has 0 saturated heterocycles. The molecule has 1 heterocycles. The van der Waals surface area contributed by atoms with Crippen molar-refractivity contribution in [2.45, 2.75) is 20.0 Å². The third-order valence-electron chi connectivity index (χ3n) is 2.79. The number of hydrogen-bond donors (Lipinski definition) is 2. The fourth-order valence-electron chi connectivity index (χ4n) is 1.74. The van der Waals surface area contributed by atoms with Gasteiger partial charge in [-0.05, 0) is 36.6 Å². The molecule has 1 unspecified atom stereocenters. The molecule has 0 bridgehead atoms. The van der Waals surface area contributed by atoms with Gasteiger partial charge in [0, 0.05) is 0 Å². The number of fused-ring (bicyclic) bond motifs is 1. The van der Waals surface area contributed by atoms with Crippen LogP contribution < -0.4 is 9.47 Å². The first-order chi connectivity index (χ1) is 7.52. The summed E-state index contributed by atoms with van der Waals surface area (Å²) in [5, 5.41) is 18.3. The van der Waals surface area contributed by atoms with Crippen LogP contribution in [0.3, 0.4) is 0 Å². The van der Waals surface area contributed by atoms with Crippen molar-refractivity contribution >= 4 is 5.97 Å². The van der Waals surface area contributed by atoms with E-state index in [2.05, 4.69) is 0 Å². The fraction of sp³-hybridized carbons (Fsp3) is 0.364. The molecule has 5 heteroatoms. The SMILES string of the molecule is Cc1c(C(O)C(=O)O)cc2c(c1C)OCO2. The monoisotopic (exact) mass is 224 g/mol. The van der Waals surface area contributed by atoms with Gasteiger partial charge in [0.05, 0.1) is 0 Å². The lowest BCUT2D eigenvalue weighted by molar-refractivity contribution is -0.147. The maximum absolute atomic E-state index is 10.7. The van der Waals surface area contributed by atoms with Crippen molar-refractivity contribution < 1.29 is 24.5 Å². The second-order valence-corrected chi connectivity index (χ2v) is 3.69. The molecule has 1 atom stereocenters. The first-order valence-electron chi connectivity index (χ1n) is 4.83. The molecular formula is C11H12O5. The minimum absolute atomic E-state index is 0.127. The molecule has 2 rings (SSSR count). The Morgan fingerprint density at radius 1 is 1.38 bits per heavy atom. The number of rotatable bonds is 2. The molecule has 0 radical (unpaired) electrons. The van der Waals surface area contributed by atoms with Crippen LogP contribution in [0.1, 0.15) is 22.8 Å². The summed E-state index contributed by atoms with van der Waals surface area (Å²) in [7, 11) is 0. The second-order valence-electron chi connectivity index (χ2n) is 3.69. The summed E-state index contributed by atoms with van der Waals surface area (Å²) in [4.78, 5) is 10.7. The summed E-state index contributed by atoms with van der Waals surface area (Å²) < 4.78 is 10.4. The number of hydrogen-bond acceptors (Lipinski definition) is 4. The van der Waals surface area contributed by atoms with E-state index in [4.69, 9.17) is 14.6 Å². The summed E-state index contributed by atoms with van der Waals surface area (Å²) in [5.41, 5.74) is 1.85. The molecule has 0 amide bonds. The van der Waals surface area contributed by atoms with Crippen molar-refractivity contribution in [2.75, 3.05) is 6.79 Å². The van der Waals surface area contributed by atoms with E-state index in [1.807, 2.05) is 0 Å². The van der Waals surface area contributed by atoms with Crippen molar-refractivity contribution in [1.29, 1.82) is 0 Å². The fourth-order valence-corrected chi connectivity index (χ4v) is 1.74. The number of ether oxygens (including phenoxy) is 2. The second kappa shape index (κ2) is 3.68. The molecule has 1 aromatic rings. The smallest absolute Gasteiger partial charge is 0.337 e. The predicted molar refractivity (Wildman–Crippen MR) is 54.6 cm³/mol. The Morgan fingerprint density at radius 2 is 2.06 bits per heavy atom. The van der Waals surface area contributed by atoms with Gasteiger partial charge in [0.2, 0.25) is 6.79 Å². The van der Waals surface area contributed by atoms with Crippen molar-refractivity contribution in [3.05, 3.63) is 22.8 Å². The average Bonchev–Trinajstić information content (AvgIpc) is 2.70. The lowest BCUT2D eigenvalue weighted by atomic mass is 9.97. The summed E-state index contributed by atoms with van der Waals surface area (Å²) in [6, 6.07) is 1.52. The molecule has 0 fully saturated rings. The van der Waals surface area contributed by atoms with E-state index in [1.165, 1.54) is 6.07 Å². The van der Waals surface area contributed by atoms with Crippen LogP contribution in [0.2, 0.25) is 0 Å². The van der Waals surface area contributed by atoms with Crippen LogP contribution in [0.15, 0.2) is 6.07 Å². The van der Waals surface area contributed by atoms with E-state index in [1.54, 1.807) is 13.8 Å². The highest BCUT2D eigenvalue weighted by Crippen LogP contribution is 2.40. The van der Waals surface area contributed by atoms with E-state index >= 15 is 0 Å². The molecule has 86 valence electrons. The topological polar surface area (TPSA) is 76.0 Å². The number of aliphatic hydroxyl groups excluding tert-OH is 1. The predicted octanol–water partition coefficient (Wildman–Crippen LogP) is 1.15. The minimum atomic E-state index is -1.53. The van der Waals surface area contributed by atoms with Gasteiger partial charge in [0.15, 0.2) is 17.6 Å². The standard InChI is InChI=1S/C11H12O5/c1-5-6(2)10-8(15-4-16-10)3-7(5)9(12)11(13)14/h3,9,12H,4H2,1-2H3,(H,13,14). The van der Waals surface area contributed by atoms with Gasteiger partial charge in [0.25, 0.3) is 0 Å². The molecule has 1 aliphatic rings. The minimum Gasteiger partial charge on any atom is -0.479 e. The first-order valence-corrected chi connectivity index (χ1v) is 4.83. The van der Waals surface area contributed by atoms with Crippen LogP contribution in [0, 0.1) is 13.8 Å². The van der Waals surface area contributed by atoms with Gasteiger partial charge in [0.1, 0.15) is 0 Å². The molecule has 0 aliphatic carbocycles. The van der Waals surface area contributed by atoms with Crippen molar-refractivity contribution in [3.8, 4) is 11.5 Å². The van der Waals surface area contributed by atoms with E-state index in [-0.39, 0.29) is 6.79 Å². The summed E-state index contributed by atoms with van der Waals surface area (Å²) in [6.45, 7) is 3.68. The number of carboxylic acids is 1. The van der Waals surface area contributed by atoms with E-state index in [9.17, 15) is 9.90 Å². The number of carbonyl (C=O) groups is 1. The largest absolute Gasteiger partial charge is 0.479 e. The summed E-state index contributed by atoms with van der Waals surface area (Å²) in [6.07, 6.45) is -1.53. The lowest BCUT2D eigenvalue weighted by Crippen LogP contribution is -2.12. The molecule has 0 saturated carbocycles. The van der Waals surface area contributed by atoms with Crippen LogP contribution >= 0.6 is 0 Å². The lowest BCUT2D eigenvalue weighted by Gasteiger charge is -2.13. The molecule has 1 aliphatic heterocycles. The Morgan fingerprint density at radius 3 is 2.69 bits per heavy atom. The Balaban J connectivity index is 2.56. The van der Waals surface area contributed by atoms with Crippen molar-refractivity contribution in [3.63, 3.8) is 0 Å². The highest BCUT2D eigenvalue weighted by Gasteiger charge is 2.25. The highest BCUT2D eigenvalue weighted by atomic mass is 16.7. The third kappa shape index (κ3) is 1.49. The van der Waals surface area contributed by atoms with Gasteiger partial charge in [-0.2, -0.15) is 0 Å². The zero-order valence-electron chi connectivity index (χ0n) is 8.98.